The van der Waals surface area contributed by atoms with Crippen LogP contribution in [0.1, 0.15) is 56.6 Å². The van der Waals surface area contributed by atoms with Gasteiger partial charge in [-0.1, -0.05) is 35.4 Å². The fourth-order valence-corrected chi connectivity index (χ4v) is 5.53. The average Bonchev–Trinajstić information content (AvgIpc) is 2.96. The largest absolute Gasteiger partial charge is 0.469 e. The van der Waals surface area contributed by atoms with E-state index in [9.17, 15) is 39.4 Å². The van der Waals surface area contributed by atoms with Crippen LogP contribution in [0.25, 0.3) is 0 Å². The molecule has 0 spiro atoms. The van der Waals surface area contributed by atoms with Crippen molar-refractivity contribution in [1.29, 1.82) is 0 Å². The Balaban J connectivity index is 0.000000236. The van der Waals surface area contributed by atoms with Gasteiger partial charge in [0.25, 0.3) is 11.4 Å². The molecule has 0 bridgehead atoms. The van der Waals surface area contributed by atoms with Crippen LogP contribution in [0.5, 0.6) is 0 Å². The SMILES string of the molecule is CCOC(=O)C1C(C)=CC(=O)CC1c1cccc([N+](=O)[O-])c1.COC(=O)C1C(C)=CC(=O)CC1c1cccc([N+](=O)[O-])c1. The van der Waals surface area contributed by atoms with E-state index in [1.54, 1.807) is 45.0 Å². The van der Waals surface area contributed by atoms with E-state index >= 15 is 0 Å². The Kier molecular flexibility index (Phi) is 10.8. The molecule has 4 atom stereocenters. The zero-order valence-electron chi connectivity index (χ0n) is 24.2. The molecule has 0 aromatic heterocycles. The maximum Gasteiger partial charge on any atom is 0.313 e. The van der Waals surface area contributed by atoms with Gasteiger partial charge in [0, 0.05) is 48.9 Å². The number of allylic oxidation sites excluding steroid dienone is 2. The number of methoxy groups -OCH3 is 1. The van der Waals surface area contributed by atoms with E-state index in [-0.39, 0.29) is 42.4 Å². The zero-order chi connectivity index (χ0) is 31.8. The van der Waals surface area contributed by atoms with Gasteiger partial charge in [-0.2, -0.15) is 0 Å². The minimum atomic E-state index is -0.588. The molecule has 0 heterocycles. The Morgan fingerprint density at radius 1 is 0.791 bits per heavy atom. The Morgan fingerprint density at radius 3 is 1.58 bits per heavy atom. The highest BCUT2D eigenvalue weighted by atomic mass is 16.6. The third-order valence-electron chi connectivity index (χ3n) is 7.42. The van der Waals surface area contributed by atoms with Gasteiger partial charge in [-0.15, -0.1) is 0 Å². The molecule has 226 valence electrons. The fraction of sp³-hybridized carbons (Fsp3) is 0.355. The standard InChI is InChI=1S/C16H17NO5.C15H15NO5/c1-3-22-16(19)15-10(2)7-13(18)9-14(15)11-5-4-6-12(8-11)17(20)21;1-9-6-12(17)8-13(14(9)15(18)21-2)10-4-3-5-11(7-10)16(19)20/h4-8,14-15H,3,9H2,1-2H3;3-7,13-14H,8H2,1-2H3. The number of nitro benzene ring substituents is 2. The number of hydrogen-bond acceptors (Lipinski definition) is 10. The summed E-state index contributed by atoms with van der Waals surface area (Å²) in [6.07, 6.45) is 3.17. The zero-order valence-corrected chi connectivity index (χ0v) is 24.2. The molecule has 0 saturated heterocycles. The molecule has 43 heavy (non-hydrogen) atoms. The molecule has 2 aliphatic carbocycles. The third kappa shape index (κ3) is 7.85. The quantitative estimate of drug-likeness (QED) is 0.237. The van der Waals surface area contributed by atoms with Gasteiger partial charge in [-0.3, -0.25) is 39.4 Å². The first kappa shape index (κ1) is 32.5. The number of ether oxygens (including phenoxy) is 2. The number of ketones is 2. The highest BCUT2D eigenvalue weighted by Crippen LogP contribution is 2.40. The minimum Gasteiger partial charge on any atom is -0.469 e. The van der Waals surface area contributed by atoms with E-state index in [0.29, 0.717) is 22.3 Å². The molecule has 0 N–H and O–H groups in total. The molecule has 2 aliphatic rings. The van der Waals surface area contributed by atoms with Crippen molar-refractivity contribution in [1.82, 2.24) is 0 Å². The van der Waals surface area contributed by atoms with Crippen molar-refractivity contribution in [3.05, 3.63) is 103 Å². The summed E-state index contributed by atoms with van der Waals surface area (Å²) >= 11 is 0. The van der Waals surface area contributed by atoms with Crippen molar-refractivity contribution in [2.45, 2.75) is 45.4 Å². The highest BCUT2D eigenvalue weighted by Gasteiger charge is 2.38. The molecule has 12 heteroatoms. The first-order valence-electron chi connectivity index (χ1n) is 13.5. The predicted octanol–water partition coefficient (Wildman–Crippen LogP) is 5.16. The maximum atomic E-state index is 12.2. The lowest BCUT2D eigenvalue weighted by Gasteiger charge is -2.29. The van der Waals surface area contributed by atoms with Crippen LogP contribution in [0, 0.1) is 32.1 Å². The summed E-state index contributed by atoms with van der Waals surface area (Å²) in [6, 6.07) is 12.1. The number of esters is 2. The van der Waals surface area contributed by atoms with Crippen LogP contribution in [-0.4, -0.2) is 47.1 Å². The van der Waals surface area contributed by atoms with Crippen LogP contribution in [0.2, 0.25) is 0 Å². The highest BCUT2D eigenvalue weighted by molar-refractivity contribution is 5.95. The molecule has 0 aliphatic heterocycles. The molecule has 4 unspecified atom stereocenters. The van der Waals surface area contributed by atoms with Crippen molar-refractivity contribution in [2.75, 3.05) is 13.7 Å². The molecule has 4 rings (SSSR count). The Bertz CT molecular complexity index is 1510. The number of carbonyl (C=O) groups is 4. The lowest BCUT2D eigenvalue weighted by molar-refractivity contribution is -0.385. The number of nitrogens with zero attached hydrogens (tertiary/aromatic N) is 2. The van der Waals surface area contributed by atoms with Crippen LogP contribution < -0.4 is 0 Å². The summed E-state index contributed by atoms with van der Waals surface area (Å²) in [5, 5.41) is 21.8. The summed E-state index contributed by atoms with van der Waals surface area (Å²) < 4.78 is 9.89. The number of hydrogen-bond donors (Lipinski definition) is 0. The van der Waals surface area contributed by atoms with E-state index in [2.05, 4.69) is 0 Å². The lowest BCUT2D eigenvalue weighted by Crippen LogP contribution is -2.30. The van der Waals surface area contributed by atoms with Gasteiger partial charge in [-0.25, -0.2) is 0 Å². The van der Waals surface area contributed by atoms with E-state index in [1.165, 1.54) is 43.5 Å². The predicted molar refractivity (Wildman–Crippen MR) is 154 cm³/mol. The van der Waals surface area contributed by atoms with E-state index in [1.807, 2.05) is 0 Å². The molecule has 0 fully saturated rings. The second kappa shape index (κ2) is 14.3. The molecule has 0 radical (unpaired) electrons. The summed E-state index contributed by atoms with van der Waals surface area (Å²) in [6.45, 7) is 5.37. The van der Waals surface area contributed by atoms with Gasteiger partial charge in [0.05, 0.1) is 35.4 Å². The molecule has 0 amide bonds. The smallest absolute Gasteiger partial charge is 0.313 e. The Morgan fingerprint density at radius 2 is 1.21 bits per heavy atom. The van der Waals surface area contributed by atoms with Gasteiger partial charge in [-0.05, 0) is 44.1 Å². The Hall–Kier alpha value is -5.00. The summed E-state index contributed by atoms with van der Waals surface area (Å²) in [4.78, 5) is 68.6. The summed E-state index contributed by atoms with van der Waals surface area (Å²) in [5.41, 5.74) is 2.34. The first-order valence-corrected chi connectivity index (χ1v) is 13.5. The summed E-state index contributed by atoms with van der Waals surface area (Å²) in [7, 11) is 1.29. The van der Waals surface area contributed by atoms with Gasteiger partial charge in [0.1, 0.15) is 0 Å². The van der Waals surface area contributed by atoms with Gasteiger partial charge in [0.2, 0.25) is 0 Å². The van der Waals surface area contributed by atoms with Crippen molar-refractivity contribution < 1.29 is 38.5 Å². The summed E-state index contributed by atoms with van der Waals surface area (Å²) in [5.74, 6) is -3.06. The Labute approximate surface area is 247 Å². The minimum absolute atomic E-state index is 0.0558. The van der Waals surface area contributed by atoms with Gasteiger partial charge < -0.3 is 9.47 Å². The number of nitro groups is 2. The average molecular weight is 593 g/mol. The molecular weight excluding hydrogens is 560 g/mol. The number of rotatable bonds is 7. The topological polar surface area (TPSA) is 173 Å². The van der Waals surface area contributed by atoms with Crippen LogP contribution in [0.15, 0.2) is 71.8 Å². The number of carbonyl (C=O) groups excluding carboxylic acids is 4. The van der Waals surface area contributed by atoms with E-state index < -0.39 is 45.5 Å². The maximum absolute atomic E-state index is 12.2. The third-order valence-corrected chi connectivity index (χ3v) is 7.42. The van der Waals surface area contributed by atoms with Crippen molar-refractivity contribution in [2.24, 2.45) is 11.8 Å². The first-order chi connectivity index (χ1) is 20.4. The van der Waals surface area contributed by atoms with Gasteiger partial charge >= 0.3 is 11.9 Å². The second-order valence-corrected chi connectivity index (χ2v) is 10.3. The van der Waals surface area contributed by atoms with E-state index in [0.717, 1.165) is 0 Å². The molecule has 2 aromatic rings. The lowest BCUT2D eigenvalue weighted by atomic mass is 9.74. The van der Waals surface area contributed by atoms with Gasteiger partial charge in [0.15, 0.2) is 11.6 Å². The van der Waals surface area contributed by atoms with Crippen LogP contribution in [-0.2, 0) is 28.7 Å². The fourth-order valence-electron chi connectivity index (χ4n) is 5.53. The van der Waals surface area contributed by atoms with E-state index in [4.69, 9.17) is 9.47 Å². The van der Waals surface area contributed by atoms with Crippen LogP contribution >= 0.6 is 0 Å². The molecule has 2 aromatic carbocycles. The normalized spacial score (nSPS) is 21.4. The number of non-ortho nitro benzene ring substituents is 2. The molecule has 12 nitrogen and oxygen atoms in total. The van der Waals surface area contributed by atoms with Crippen LogP contribution in [0.3, 0.4) is 0 Å². The number of benzene rings is 2. The molecule has 0 saturated carbocycles. The van der Waals surface area contributed by atoms with Crippen LogP contribution in [0.4, 0.5) is 11.4 Å². The van der Waals surface area contributed by atoms with Crippen molar-refractivity contribution in [3.63, 3.8) is 0 Å². The van der Waals surface area contributed by atoms with Crippen molar-refractivity contribution in [3.8, 4) is 0 Å². The molecular formula is C31H32N2O10. The van der Waals surface area contributed by atoms with Crippen molar-refractivity contribution >= 4 is 34.9 Å². The second-order valence-electron chi connectivity index (χ2n) is 10.3. The monoisotopic (exact) mass is 592 g/mol.